The van der Waals surface area contributed by atoms with Crippen molar-refractivity contribution >= 4 is 5.69 Å². The lowest BCUT2D eigenvalue weighted by Crippen LogP contribution is -2.13. The Balaban J connectivity index is 2.86. The molecule has 106 valence electrons. The molecule has 0 aromatic heterocycles. The maximum atomic E-state index is 10.9. The normalized spacial score (nSPS) is 12.5. The molecule has 0 bridgehead atoms. The van der Waals surface area contributed by atoms with Gasteiger partial charge in [-0.25, -0.2) is 0 Å². The van der Waals surface area contributed by atoms with Crippen LogP contribution in [-0.4, -0.2) is 22.7 Å². The first-order valence-electron chi connectivity index (χ1n) is 6.52. The topological polar surface area (TPSA) is 72.6 Å². The van der Waals surface area contributed by atoms with Gasteiger partial charge >= 0.3 is 5.69 Å². The summed E-state index contributed by atoms with van der Waals surface area (Å²) in [4.78, 5) is 10.4. The first kappa shape index (κ1) is 15.4. The average molecular weight is 267 g/mol. The number of aliphatic hydroxyl groups excluding tert-OH is 1. The lowest BCUT2D eigenvalue weighted by molar-refractivity contribution is -0.385. The molecule has 0 aliphatic carbocycles. The van der Waals surface area contributed by atoms with Gasteiger partial charge in [0.05, 0.1) is 17.6 Å². The molecular weight excluding hydrogens is 246 g/mol. The van der Waals surface area contributed by atoms with E-state index in [9.17, 15) is 15.2 Å². The Kier molecular flexibility index (Phi) is 5.76. The summed E-state index contributed by atoms with van der Waals surface area (Å²) in [5, 5.41) is 20.7. The zero-order valence-electron chi connectivity index (χ0n) is 11.6. The third kappa shape index (κ3) is 4.87. The number of hydrogen-bond donors (Lipinski definition) is 1. The minimum absolute atomic E-state index is 0.0380. The second-order valence-electron chi connectivity index (χ2n) is 4.98. The molecule has 0 amide bonds. The lowest BCUT2D eigenvalue weighted by Gasteiger charge is -2.13. The highest BCUT2D eigenvalue weighted by Crippen LogP contribution is 2.28. The van der Waals surface area contributed by atoms with Crippen molar-refractivity contribution < 1.29 is 14.8 Å². The van der Waals surface area contributed by atoms with Gasteiger partial charge in [-0.15, -0.1) is 0 Å². The molecule has 0 aliphatic heterocycles. The Morgan fingerprint density at radius 3 is 2.63 bits per heavy atom. The van der Waals surface area contributed by atoms with Gasteiger partial charge in [-0.05, 0) is 37.3 Å². The molecule has 1 N–H and O–H groups in total. The first-order valence-corrected chi connectivity index (χ1v) is 6.52. The molecule has 0 fully saturated rings. The summed E-state index contributed by atoms with van der Waals surface area (Å²) in [5.74, 6) is 0.682. The summed E-state index contributed by atoms with van der Waals surface area (Å²) in [6.45, 7) is 6.25. The summed E-state index contributed by atoms with van der Waals surface area (Å²) in [6, 6.07) is 4.75. The highest BCUT2D eigenvalue weighted by Gasteiger charge is 2.16. The van der Waals surface area contributed by atoms with E-state index in [4.69, 9.17) is 4.74 Å². The molecule has 5 nitrogen and oxygen atoms in total. The number of ether oxygens (including phenoxy) is 1. The van der Waals surface area contributed by atoms with Crippen molar-refractivity contribution in [1.29, 1.82) is 0 Å². The van der Waals surface area contributed by atoms with E-state index in [-0.39, 0.29) is 11.4 Å². The van der Waals surface area contributed by atoms with Crippen LogP contribution in [0.1, 0.15) is 32.8 Å². The van der Waals surface area contributed by atoms with E-state index in [0.29, 0.717) is 25.4 Å². The van der Waals surface area contributed by atoms with Gasteiger partial charge < -0.3 is 9.84 Å². The molecule has 0 spiro atoms. The smallest absolute Gasteiger partial charge is 0.310 e. The number of nitro groups is 1. The molecule has 0 saturated carbocycles. The fourth-order valence-corrected chi connectivity index (χ4v) is 2.01. The zero-order valence-corrected chi connectivity index (χ0v) is 11.6. The first-order chi connectivity index (χ1) is 8.93. The van der Waals surface area contributed by atoms with Gasteiger partial charge in [0.15, 0.2) is 5.75 Å². The van der Waals surface area contributed by atoms with Crippen LogP contribution in [0.3, 0.4) is 0 Å². The summed E-state index contributed by atoms with van der Waals surface area (Å²) >= 11 is 0. The van der Waals surface area contributed by atoms with E-state index in [1.54, 1.807) is 19.1 Å². The molecule has 1 atom stereocenters. The Hall–Kier alpha value is -1.62. The monoisotopic (exact) mass is 267 g/mol. The zero-order chi connectivity index (χ0) is 14.4. The second kappa shape index (κ2) is 7.09. The molecular formula is C14H21NO4. The number of nitrogens with zero attached hydrogens (tertiary/aromatic N) is 1. The summed E-state index contributed by atoms with van der Waals surface area (Å²) in [7, 11) is 0. The SMILES string of the molecule is CCOc1cc(CC(O)CC(C)C)ccc1[N+](=O)[O-]. The largest absolute Gasteiger partial charge is 0.487 e. The summed E-state index contributed by atoms with van der Waals surface area (Å²) in [5.41, 5.74) is 0.811. The van der Waals surface area contributed by atoms with E-state index >= 15 is 0 Å². The summed E-state index contributed by atoms with van der Waals surface area (Å²) in [6.07, 6.45) is 0.757. The van der Waals surface area contributed by atoms with Crippen molar-refractivity contribution in [2.24, 2.45) is 5.92 Å². The van der Waals surface area contributed by atoms with Crippen LogP contribution in [0.4, 0.5) is 5.69 Å². The Morgan fingerprint density at radius 2 is 2.11 bits per heavy atom. The molecule has 1 unspecified atom stereocenters. The molecule has 0 radical (unpaired) electrons. The van der Waals surface area contributed by atoms with Crippen LogP contribution in [-0.2, 0) is 6.42 Å². The number of rotatable bonds is 7. The maximum Gasteiger partial charge on any atom is 0.310 e. The number of hydrogen-bond acceptors (Lipinski definition) is 4. The minimum atomic E-state index is -0.459. The average Bonchev–Trinajstić information content (AvgIpc) is 2.27. The predicted octanol–water partition coefficient (Wildman–Crippen LogP) is 2.94. The highest BCUT2D eigenvalue weighted by atomic mass is 16.6. The van der Waals surface area contributed by atoms with Crippen LogP contribution >= 0.6 is 0 Å². The van der Waals surface area contributed by atoms with Gasteiger partial charge in [0.25, 0.3) is 0 Å². The minimum Gasteiger partial charge on any atom is -0.487 e. The van der Waals surface area contributed by atoms with Gasteiger partial charge in [-0.2, -0.15) is 0 Å². The van der Waals surface area contributed by atoms with Gasteiger partial charge in [0, 0.05) is 6.07 Å². The van der Waals surface area contributed by atoms with Crippen LogP contribution < -0.4 is 4.74 Å². The quantitative estimate of drug-likeness (QED) is 0.609. The van der Waals surface area contributed by atoms with Crippen LogP contribution in [0.5, 0.6) is 5.75 Å². The molecule has 5 heteroatoms. The molecule has 0 saturated heterocycles. The van der Waals surface area contributed by atoms with Gasteiger partial charge in [0.2, 0.25) is 0 Å². The third-order valence-electron chi connectivity index (χ3n) is 2.74. The van der Waals surface area contributed by atoms with Gasteiger partial charge in [-0.1, -0.05) is 19.9 Å². The molecule has 0 heterocycles. The maximum absolute atomic E-state index is 10.9. The van der Waals surface area contributed by atoms with Crippen LogP contribution in [0.15, 0.2) is 18.2 Å². The van der Waals surface area contributed by atoms with Crippen LogP contribution in [0.2, 0.25) is 0 Å². The van der Waals surface area contributed by atoms with E-state index in [1.807, 2.05) is 13.8 Å². The van der Waals surface area contributed by atoms with E-state index in [2.05, 4.69) is 0 Å². The Bertz CT molecular complexity index is 431. The van der Waals surface area contributed by atoms with Crippen LogP contribution in [0, 0.1) is 16.0 Å². The standard InChI is InChI=1S/C14H21NO4/c1-4-19-14-9-11(5-6-13(14)15(17)18)8-12(16)7-10(2)3/h5-6,9-10,12,16H,4,7-8H2,1-3H3. The van der Waals surface area contributed by atoms with Crippen molar-refractivity contribution in [2.75, 3.05) is 6.61 Å². The lowest BCUT2D eigenvalue weighted by atomic mass is 9.99. The summed E-state index contributed by atoms with van der Waals surface area (Å²) < 4.78 is 5.28. The van der Waals surface area contributed by atoms with Crippen molar-refractivity contribution in [1.82, 2.24) is 0 Å². The predicted molar refractivity (Wildman–Crippen MR) is 73.4 cm³/mol. The number of aliphatic hydroxyl groups is 1. The molecule has 19 heavy (non-hydrogen) atoms. The third-order valence-corrected chi connectivity index (χ3v) is 2.74. The number of benzene rings is 1. The fourth-order valence-electron chi connectivity index (χ4n) is 2.01. The molecule has 1 rings (SSSR count). The highest BCUT2D eigenvalue weighted by molar-refractivity contribution is 5.48. The molecule has 1 aromatic rings. The van der Waals surface area contributed by atoms with E-state index in [0.717, 1.165) is 5.56 Å². The van der Waals surface area contributed by atoms with E-state index < -0.39 is 11.0 Å². The van der Waals surface area contributed by atoms with Gasteiger partial charge in [-0.3, -0.25) is 10.1 Å². The van der Waals surface area contributed by atoms with E-state index in [1.165, 1.54) is 6.07 Å². The van der Waals surface area contributed by atoms with Crippen molar-refractivity contribution in [3.8, 4) is 5.75 Å². The van der Waals surface area contributed by atoms with Crippen molar-refractivity contribution in [3.05, 3.63) is 33.9 Å². The van der Waals surface area contributed by atoms with Crippen molar-refractivity contribution in [2.45, 2.75) is 39.7 Å². The Morgan fingerprint density at radius 1 is 1.42 bits per heavy atom. The van der Waals surface area contributed by atoms with Crippen molar-refractivity contribution in [3.63, 3.8) is 0 Å². The fraction of sp³-hybridized carbons (Fsp3) is 0.571. The molecule has 1 aromatic carbocycles. The number of nitro benzene ring substituents is 1. The Labute approximate surface area is 113 Å². The van der Waals surface area contributed by atoms with Gasteiger partial charge in [0.1, 0.15) is 0 Å². The van der Waals surface area contributed by atoms with Crippen LogP contribution in [0.25, 0.3) is 0 Å². The second-order valence-corrected chi connectivity index (χ2v) is 4.98. The molecule has 0 aliphatic rings.